The van der Waals surface area contributed by atoms with Crippen LogP contribution < -0.4 is 0 Å². The van der Waals surface area contributed by atoms with Crippen LogP contribution in [0.5, 0.6) is 0 Å². The quantitative estimate of drug-likeness (QED) is 0.666. The van der Waals surface area contributed by atoms with Crippen LogP contribution in [0.3, 0.4) is 0 Å². The molecular weight excluding hydrogens is 213 g/mol. The van der Waals surface area contributed by atoms with Gasteiger partial charge in [0.15, 0.2) is 0 Å². The Morgan fingerprint density at radius 3 is 2.54 bits per heavy atom. The number of ether oxygens (including phenoxy) is 1. The highest BCUT2D eigenvalue weighted by molar-refractivity contribution is 8.54. The maximum absolute atomic E-state index is 10.5. The van der Waals surface area contributed by atoms with E-state index in [1.54, 1.807) is 0 Å². The van der Waals surface area contributed by atoms with Gasteiger partial charge >= 0.3 is 6.80 Å². The fraction of sp³-hybridized carbons (Fsp3) is 1.00. The highest BCUT2D eigenvalue weighted by atomic mass is 32.7. The molecule has 1 rings (SSSR count). The lowest BCUT2D eigenvalue weighted by Gasteiger charge is -2.26. The third-order valence-corrected chi connectivity index (χ3v) is 4.03. The fourth-order valence-electron chi connectivity index (χ4n) is 1.11. The van der Waals surface area contributed by atoms with Gasteiger partial charge in [-0.25, -0.2) is 4.57 Å². The summed E-state index contributed by atoms with van der Waals surface area (Å²) in [6, 6.07) is 0. The van der Waals surface area contributed by atoms with Gasteiger partial charge in [-0.1, -0.05) is 0 Å². The van der Waals surface area contributed by atoms with Gasteiger partial charge in [0.2, 0.25) is 0 Å². The van der Waals surface area contributed by atoms with Crippen LogP contribution in [0, 0.1) is 0 Å². The highest BCUT2D eigenvalue weighted by Crippen LogP contribution is 2.49. The van der Waals surface area contributed by atoms with Crippen LogP contribution in [0.1, 0.15) is 0 Å². The van der Waals surface area contributed by atoms with E-state index in [4.69, 9.17) is 14.5 Å². The Bertz CT molecular complexity index is 191. The number of rotatable bonds is 4. The summed E-state index contributed by atoms with van der Waals surface area (Å²) < 4.78 is 15.6. The largest absolute Gasteiger partial charge is 0.384 e. The second kappa shape index (κ2) is 5.34. The Morgan fingerprint density at radius 1 is 1.38 bits per heavy atom. The minimum absolute atomic E-state index is 0.476. The van der Waals surface area contributed by atoms with Gasteiger partial charge in [0.1, 0.15) is 0 Å². The van der Waals surface area contributed by atoms with Gasteiger partial charge in [0, 0.05) is 25.4 Å². The fourth-order valence-corrected chi connectivity index (χ4v) is 2.65. The molecule has 0 radical (unpaired) electrons. The zero-order valence-corrected chi connectivity index (χ0v) is 8.97. The summed E-state index contributed by atoms with van der Waals surface area (Å²) in [5, 5.41) is 0. The molecular formula is C6H14NO4PS. The van der Waals surface area contributed by atoms with Crippen molar-refractivity contribution in [1.82, 2.24) is 4.90 Å². The van der Waals surface area contributed by atoms with Crippen LogP contribution in [-0.4, -0.2) is 53.3 Å². The van der Waals surface area contributed by atoms with Crippen molar-refractivity contribution in [1.29, 1.82) is 0 Å². The van der Waals surface area contributed by atoms with Gasteiger partial charge in [-0.2, -0.15) is 0 Å². The van der Waals surface area contributed by atoms with E-state index in [1.807, 2.05) is 0 Å². The lowest BCUT2D eigenvalue weighted by molar-refractivity contribution is 0.0410. The third-order valence-electron chi connectivity index (χ3n) is 1.77. The second-order valence-electron chi connectivity index (χ2n) is 2.78. The zero-order chi connectivity index (χ0) is 9.73. The molecule has 0 bridgehead atoms. The standard InChI is InChI=1S/C6H14NO4PS/c8-12(9,10)13-6-3-7-1-4-11-5-2-7/h1-6H2,(H2,8,9,10). The van der Waals surface area contributed by atoms with Gasteiger partial charge in [-0.15, -0.1) is 0 Å². The molecule has 13 heavy (non-hydrogen) atoms. The molecule has 1 aliphatic rings. The van der Waals surface area contributed by atoms with Crippen LogP contribution in [0.4, 0.5) is 0 Å². The first-order valence-electron chi connectivity index (χ1n) is 4.08. The average Bonchev–Trinajstić information content (AvgIpc) is 2.04. The van der Waals surface area contributed by atoms with E-state index in [-0.39, 0.29) is 0 Å². The summed E-state index contributed by atoms with van der Waals surface area (Å²) in [5.74, 6) is 0.476. The monoisotopic (exact) mass is 227 g/mol. The molecule has 1 saturated heterocycles. The molecule has 0 spiro atoms. The Hall–Kier alpha value is 0.420. The molecule has 78 valence electrons. The van der Waals surface area contributed by atoms with Crippen LogP contribution in [0.15, 0.2) is 0 Å². The molecule has 1 heterocycles. The number of hydrogen-bond donors (Lipinski definition) is 2. The van der Waals surface area contributed by atoms with Crippen molar-refractivity contribution in [3.8, 4) is 0 Å². The van der Waals surface area contributed by atoms with Crippen molar-refractivity contribution in [2.75, 3.05) is 38.6 Å². The van der Waals surface area contributed by atoms with E-state index >= 15 is 0 Å². The van der Waals surface area contributed by atoms with E-state index in [1.165, 1.54) is 0 Å². The van der Waals surface area contributed by atoms with E-state index < -0.39 is 6.80 Å². The van der Waals surface area contributed by atoms with Gasteiger partial charge < -0.3 is 14.5 Å². The molecule has 0 aromatic rings. The van der Waals surface area contributed by atoms with Crippen LogP contribution >= 0.6 is 18.2 Å². The summed E-state index contributed by atoms with van der Waals surface area (Å²) in [4.78, 5) is 19.3. The van der Waals surface area contributed by atoms with Crippen molar-refractivity contribution < 1.29 is 19.1 Å². The molecule has 7 heteroatoms. The van der Waals surface area contributed by atoms with E-state index in [0.29, 0.717) is 17.1 Å². The molecule has 0 atom stereocenters. The molecule has 0 saturated carbocycles. The Morgan fingerprint density at radius 2 is 2.00 bits per heavy atom. The Balaban J connectivity index is 2.08. The first kappa shape index (κ1) is 11.5. The van der Waals surface area contributed by atoms with Gasteiger partial charge in [0.05, 0.1) is 13.2 Å². The Kier molecular flexibility index (Phi) is 4.72. The predicted octanol–water partition coefficient (Wildman–Crippen LogP) is 0.144. The molecule has 5 nitrogen and oxygen atoms in total. The van der Waals surface area contributed by atoms with Crippen LogP contribution in [0.25, 0.3) is 0 Å². The lowest BCUT2D eigenvalue weighted by atomic mass is 10.4. The lowest BCUT2D eigenvalue weighted by Crippen LogP contribution is -2.37. The van der Waals surface area contributed by atoms with Crippen molar-refractivity contribution >= 4 is 18.2 Å². The molecule has 0 aliphatic carbocycles. The number of morpholine rings is 1. The van der Waals surface area contributed by atoms with Gasteiger partial charge in [-0.05, 0) is 11.4 Å². The minimum Gasteiger partial charge on any atom is -0.379 e. The van der Waals surface area contributed by atoms with Gasteiger partial charge in [0.25, 0.3) is 0 Å². The predicted molar refractivity (Wildman–Crippen MR) is 51.8 cm³/mol. The minimum atomic E-state index is -3.87. The summed E-state index contributed by atoms with van der Waals surface area (Å²) in [6.07, 6.45) is 0. The van der Waals surface area contributed by atoms with Crippen molar-refractivity contribution in [2.45, 2.75) is 0 Å². The summed E-state index contributed by atoms with van der Waals surface area (Å²) in [7, 11) is 0. The first-order valence-corrected chi connectivity index (χ1v) is 7.28. The van der Waals surface area contributed by atoms with Crippen LogP contribution in [-0.2, 0) is 9.30 Å². The van der Waals surface area contributed by atoms with Crippen LogP contribution in [0.2, 0.25) is 0 Å². The molecule has 0 aromatic carbocycles. The number of nitrogens with zero attached hydrogens (tertiary/aromatic N) is 1. The molecule has 0 aromatic heterocycles. The first-order chi connectivity index (χ1) is 6.08. The summed E-state index contributed by atoms with van der Waals surface area (Å²) in [5.41, 5.74) is 0. The van der Waals surface area contributed by atoms with Crippen molar-refractivity contribution in [3.05, 3.63) is 0 Å². The van der Waals surface area contributed by atoms with Crippen molar-refractivity contribution in [2.24, 2.45) is 0 Å². The summed E-state index contributed by atoms with van der Waals surface area (Å²) >= 11 is 0.711. The average molecular weight is 227 g/mol. The topological polar surface area (TPSA) is 70.0 Å². The zero-order valence-electron chi connectivity index (χ0n) is 7.26. The normalized spacial score (nSPS) is 20.5. The maximum atomic E-state index is 10.5. The van der Waals surface area contributed by atoms with Gasteiger partial charge in [-0.3, -0.25) is 4.90 Å². The van der Waals surface area contributed by atoms with E-state index in [0.717, 1.165) is 32.8 Å². The highest BCUT2D eigenvalue weighted by Gasteiger charge is 2.15. The second-order valence-corrected chi connectivity index (χ2v) is 6.63. The van der Waals surface area contributed by atoms with E-state index in [9.17, 15) is 4.57 Å². The molecule has 1 aliphatic heterocycles. The summed E-state index contributed by atoms with van der Waals surface area (Å²) in [6.45, 7) is 0.0180. The third kappa shape index (κ3) is 5.67. The molecule has 0 unspecified atom stereocenters. The Labute approximate surface area is 81.4 Å². The van der Waals surface area contributed by atoms with E-state index in [2.05, 4.69) is 4.90 Å². The molecule has 1 fully saturated rings. The molecule has 2 N–H and O–H groups in total. The SMILES string of the molecule is O=P(O)(O)SCCN1CCOCC1. The smallest absolute Gasteiger partial charge is 0.379 e. The molecule has 0 amide bonds. The van der Waals surface area contributed by atoms with Crippen molar-refractivity contribution in [3.63, 3.8) is 0 Å². The number of hydrogen-bond acceptors (Lipinski definition) is 4. The maximum Gasteiger partial charge on any atom is 0.384 e.